The van der Waals surface area contributed by atoms with Crippen molar-refractivity contribution in [3.8, 4) is 5.75 Å². The molecule has 0 saturated carbocycles. The summed E-state index contributed by atoms with van der Waals surface area (Å²) in [4.78, 5) is 4.63. The van der Waals surface area contributed by atoms with Gasteiger partial charge in [0.2, 0.25) is 0 Å². The molecule has 0 spiro atoms. The summed E-state index contributed by atoms with van der Waals surface area (Å²) in [5.41, 5.74) is 2.63. The topological polar surface area (TPSA) is 54.9 Å². The molecule has 0 bridgehead atoms. The molecular formula is C18H27N3O2. The van der Waals surface area contributed by atoms with Crippen LogP contribution in [-0.4, -0.2) is 39.4 Å². The Bertz CT molecular complexity index is 524. The molecule has 5 heteroatoms. The van der Waals surface area contributed by atoms with Crippen molar-refractivity contribution in [2.75, 3.05) is 33.4 Å². The van der Waals surface area contributed by atoms with E-state index in [4.69, 9.17) is 9.47 Å². The largest absolute Gasteiger partial charge is 0.497 e. The van der Waals surface area contributed by atoms with Crippen molar-refractivity contribution in [3.05, 3.63) is 41.5 Å². The molecule has 0 amide bonds. The van der Waals surface area contributed by atoms with E-state index in [1.165, 1.54) is 5.57 Å². The van der Waals surface area contributed by atoms with Crippen molar-refractivity contribution in [2.45, 2.75) is 26.3 Å². The zero-order valence-electron chi connectivity index (χ0n) is 14.1. The van der Waals surface area contributed by atoms with Gasteiger partial charge in [-0.1, -0.05) is 23.8 Å². The fourth-order valence-electron chi connectivity index (χ4n) is 2.38. The predicted octanol–water partition coefficient (Wildman–Crippen LogP) is 2.49. The molecule has 0 aliphatic carbocycles. The van der Waals surface area contributed by atoms with E-state index in [9.17, 15) is 0 Å². The Kier molecular flexibility index (Phi) is 7.46. The molecule has 0 saturated heterocycles. The second-order valence-corrected chi connectivity index (χ2v) is 5.41. The molecule has 1 aromatic rings. The van der Waals surface area contributed by atoms with Gasteiger partial charge >= 0.3 is 0 Å². The van der Waals surface area contributed by atoms with E-state index in [2.05, 4.69) is 28.6 Å². The first kappa shape index (κ1) is 17.3. The van der Waals surface area contributed by atoms with Crippen LogP contribution in [0.2, 0.25) is 0 Å². The Balaban J connectivity index is 1.82. The third-order valence-corrected chi connectivity index (χ3v) is 3.72. The molecule has 1 aromatic carbocycles. The number of ether oxygens (including phenoxy) is 2. The summed E-state index contributed by atoms with van der Waals surface area (Å²) in [5.74, 6) is 1.73. The molecule has 2 N–H and O–H groups in total. The number of nitrogens with zero attached hydrogens (tertiary/aromatic N) is 1. The third-order valence-electron chi connectivity index (χ3n) is 3.72. The highest BCUT2D eigenvalue weighted by Crippen LogP contribution is 2.12. The molecule has 2 rings (SSSR count). The van der Waals surface area contributed by atoms with Crippen LogP contribution in [0.25, 0.3) is 0 Å². The summed E-state index contributed by atoms with van der Waals surface area (Å²) in [7, 11) is 1.67. The van der Waals surface area contributed by atoms with E-state index in [0.717, 1.165) is 56.4 Å². The molecule has 126 valence electrons. The summed E-state index contributed by atoms with van der Waals surface area (Å²) in [6.07, 6.45) is 4.27. The van der Waals surface area contributed by atoms with Gasteiger partial charge < -0.3 is 20.1 Å². The van der Waals surface area contributed by atoms with E-state index >= 15 is 0 Å². The lowest BCUT2D eigenvalue weighted by molar-refractivity contribution is 0.153. The van der Waals surface area contributed by atoms with Crippen LogP contribution >= 0.6 is 0 Å². The lowest BCUT2D eigenvalue weighted by atomic mass is 10.1. The number of hydrogen-bond acceptors (Lipinski definition) is 3. The minimum absolute atomic E-state index is 0.649. The molecule has 1 aliphatic heterocycles. The molecule has 0 radical (unpaired) electrons. The van der Waals surface area contributed by atoms with Gasteiger partial charge in [0.15, 0.2) is 5.96 Å². The smallest absolute Gasteiger partial charge is 0.191 e. The fraction of sp³-hybridized carbons (Fsp3) is 0.500. The Morgan fingerprint density at radius 1 is 1.26 bits per heavy atom. The monoisotopic (exact) mass is 317 g/mol. The van der Waals surface area contributed by atoms with Crippen LogP contribution in [0.1, 0.15) is 25.3 Å². The number of benzene rings is 1. The first-order valence-electron chi connectivity index (χ1n) is 8.22. The van der Waals surface area contributed by atoms with E-state index in [1.54, 1.807) is 7.11 Å². The minimum Gasteiger partial charge on any atom is -0.497 e. The van der Waals surface area contributed by atoms with Gasteiger partial charge in [0.25, 0.3) is 0 Å². The fourth-order valence-corrected chi connectivity index (χ4v) is 2.38. The highest BCUT2D eigenvalue weighted by Gasteiger charge is 2.04. The summed E-state index contributed by atoms with van der Waals surface area (Å²) in [5, 5.41) is 6.68. The third kappa shape index (κ3) is 6.32. The van der Waals surface area contributed by atoms with Crippen LogP contribution in [0.4, 0.5) is 0 Å². The SMILES string of the molecule is CCNC(=NCc1ccc(OC)cc1)NCCC1=CCOCC1. The zero-order valence-corrected chi connectivity index (χ0v) is 14.1. The van der Waals surface area contributed by atoms with Gasteiger partial charge in [0, 0.05) is 13.1 Å². The van der Waals surface area contributed by atoms with E-state index < -0.39 is 0 Å². The van der Waals surface area contributed by atoms with Gasteiger partial charge in [-0.05, 0) is 37.5 Å². The van der Waals surface area contributed by atoms with Gasteiger partial charge in [0.05, 0.1) is 26.9 Å². The summed E-state index contributed by atoms with van der Waals surface area (Å²) >= 11 is 0. The van der Waals surface area contributed by atoms with Gasteiger partial charge in [-0.2, -0.15) is 0 Å². The van der Waals surface area contributed by atoms with Crippen LogP contribution < -0.4 is 15.4 Å². The van der Waals surface area contributed by atoms with Crippen molar-refractivity contribution in [1.82, 2.24) is 10.6 Å². The Morgan fingerprint density at radius 3 is 2.74 bits per heavy atom. The highest BCUT2D eigenvalue weighted by atomic mass is 16.5. The van der Waals surface area contributed by atoms with Crippen LogP contribution in [0, 0.1) is 0 Å². The number of aliphatic imine (C=N–C) groups is 1. The second-order valence-electron chi connectivity index (χ2n) is 5.41. The zero-order chi connectivity index (χ0) is 16.3. The quantitative estimate of drug-likeness (QED) is 0.461. The first-order valence-corrected chi connectivity index (χ1v) is 8.22. The standard InChI is InChI=1S/C18H27N3O2/c1-3-19-18(20-11-8-15-9-12-23-13-10-15)21-14-16-4-6-17(22-2)7-5-16/h4-7,9H,3,8,10-14H2,1-2H3,(H2,19,20,21). The lowest BCUT2D eigenvalue weighted by Crippen LogP contribution is -2.38. The Morgan fingerprint density at radius 2 is 2.09 bits per heavy atom. The molecule has 23 heavy (non-hydrogen) atoms. The van der Waals surface area contributed by atoms with Gasteiger partial charge in [-0.15, -0.1) is 0 Å². The normalized spacial score (nSPS) is 15.0. The van der Waals surface area contributed by atoms with E-state index in [-0.39, 0.29) is 0 Å². The summed E-state index contributed by atoms with van der Waals surface area (Å²) < 4.78 is 10.5. The molecular weight excluding hydrogens is 290 g/mol. The average Bonchev–Trinajstić information content (AvgIpc) is 2.61. The highest BCUT2D eigenvalue weighted by molar-refractivity contribution is 5.79. The summed E-state index contributed by atoms with van der Waals surface area (Å²) in [6.45, 7) is 6.06. The number of methoxy groups -OCH3 is 1. The van der Waals surface area contributed by atoms with Gasteiger partial charge in [-0.25, -0.2) is 4.99 Å². The van der Waals surface area contributed by atoms with Crippen molar-refractivity contribution >= 4 is 5.96 Å². The maximum atomic E-state index is 5.33. The van der Waals surface area contributed by atoms with Crippen LogP contribution in [0.15, 0.2) is 40.9 Å². The number of guanidine groups is 1. The van der Waals surface area contributed by atoms with Crippen molar-refractivity contribution in [2.24, 2.45) is 4.99 Å². The molecule has 0 fully saturated rings. The van der Waals surface area contributed by atoms with E-state index in [0.29, 0.717) is 6.54 Å². The average molecular weight is 317 g/mol. The number of hydrogen-bond donors (Lipinski definition) is 2. The predicted molar refractivity (Wildman–Crippen MR) is 93.9 cm³/mol. The van der Waals surface area contributed by atoms with Crippen LogP contribution in [0.5, 0.6) is 5.75 Å². The van der Waals surface area contributed by atoms with Crippen molar-refractivity contribution < 1.29 is 9.47 Å². The molecule has 0 unspecified atom stereocenters. The lowest BCUT2D eigenvalue weighted by Gasteiger charge is -2.15. The minimum atomic E-state index is 0.649. The Hall–Kier alpha value is -2.01. The maximum absolute atomic E-state index is 5.33. The summed E-state index contributed by atoms with van der Waals surface area (Å²) in [6, 6.07) is 8.00. The first-order chi connectivity index (χ1) is 11.3. The van der Waals surface area contributed by atoms with Crippen molar-refractivity contribution in [1.29, 1.82) is 0 Å². The van der Waals surface area contributed by atoms with Crippen LogP contribution in [0.3, 0.4) is 0 Å². The second kappa shape index (κ2) is 9.90. The number of rotatable bonds is 7. The van der Waals surface area contributed by atoms with Crippen LogP contribution in [-0.2, 0) is 11.3 Å². The van der Waals surface area contributed by atoms with Gasteiger partial charge in [-0.3, -0.25) is 0 Å². The molecule has 1 aliphatic rings. The molecule has 0 aromatic heterocycles. The van der Waals surface area contributed by atoms with E-state index in [1.807, 2.05) is 24.3 Å². The van der Waals surface area contributed by atoms with Gasteiger partial charge in [0.1, 0.15) is 5.75 Å². The maximum Gasteiger partial charge on any atom is 0.191 e. The molecule has 1 heterocycles. The molecule has 5 nitrogen and oxygen atoms in total. The molecule has 0 atom stereocenters. The van der Waals surface area contributed by atoms with Crippen molar-refractivity contribution in [3.63, 3.8) is 0 Å². The Labute approximate surface area is 138 Å². The number of nitrogens with one attached hydrogen (secondary N) is 2.